The summed E-state index contributed by atoms with van der Waals surface area (Å²) in [5.74, 6) is 0.746. The molecule has 1 aromatic heterocycles. The van der Waals surface area contributed by atoms with Crippen LogP contribution in [-0.2, 0) is 0 Å². The van der Waals surface area contributed by atoms with E-state index in [0.29, 0.717) is 22.7 Å². The van der Waals surface area contributed by atoms with Crippen LogP contribution in [0.3, 0.4) is 0 Å². The molecule has 90 valence electrons. The first-order valence-corrected chi connectivity index (χ1v) is 5.94. The first-order valence-electron chi connectivity index (χ1n) is 4.58. The molecular weight excluding hydrogens is 281 g/mol. The van der Waals surface area contributed by atoms with Crippen molar-refractivity contribution in [3.8, 4) is 6.07 Å². The monoisotopic (exact) mass is 289 g/mol. The van der Waals surface area contributed by atoms with Gasteiger partial charge in [-0.2, -0.15) is 5.26 Å². The first-order chi connectivity index (χ1) is 7.76. The lowest BCUT2D eigenvalue weighted by molar-refractivity contribution is 0.437. The van der Waals surface area contributed by atoms with Crippen molar-refractivity contribution in [2.75, 3.05) is 12.3 Å². The third-order valence-electron chi connectivity index (χ3n) is 1.98. The number of nitrogens with zero attached hydrogens (tertiary/aromatic N) is 2. The summed E-state index contributed by atoms with van der Waals surface area (Å²) in [6.07, 6.45) is 0. The fraction of sp³-hybridized carbons (Fsp3) is 0.200. The van der Waals surface area contributed by atoms with E-state index in [0.717, 1.165) is 16.2 Å². The average Bonchev–Trinajstić information content (AvgIpc) is 2.68. The zero-order valence-corrected chi connectivity index (χ0v) is 11.0. The van der Waals surface area contributed by atoms with Gasteiger partial charge in [0.25, 0.3) is 0 Å². The highest BCUT2D eigenvalue weighted by molar-refractivity contribution is 7.99. The van der Waals surface area contributed by atoms with Crippen LogP contribution >= 0.6 is 35.8 Å². The number of benzene rings is 1. The number of rotatable bonds is 3. The van der Waals surface area contributed by atoms with Gasteiger partial charge in [0.1, 0.15) is 11.1 Å². The van der Waals surface area contributed by atoms with Crippen molar-refractivity contribution >= 4 is 46.7 Å². The molecule has 0 radical (unpaired) electrons. The Balaban J connectivity index is 0.00000144. The molecule has 17 heavy (non-hydrogen) atoms. The van der Waals surface area contributed by atoms with Gasteiger partial charge in [-0.1, -0.05) is 16.8 Å². The molecular formula is C10H9Cl2N3OS. The Hall–Kier alpha value is -0.930. The lowest BCUT2D eigenvalue weighted by Crippen LogP contribution is -2.00. The summed E-state index contributed by atoms with van der Waals surface area (Å²) in [4.78, 5) is 0. The predicted molar refractivity (Wildman–Crippen MR) is 70.8 cm³/mol. The van der Waals surface area contributed by atoms with E-state index < -0.39 is 0 Å². The zero-order valence-electron chi connectivity index (χ0n) is 8.64. The Morgan fingerprint density at radius 3 is 2.94 bits per heavy atom. The summed E-state index contributed by atoms with van der Waals surface area (Å²) in [6.45, 7) is 0.560. The van der Waals surface area contributed by atoms with E-state index >= 15 is 0 Å². The summed E-state index contributed by atoms with van der Waals surface area (Å²) in [7, 11) is 0. The van der Waals surface area contributed by atoms with Gasteiger partial charge in [-0.15, -0.1) is 24.2 Å². The number of aromatic nitrogens is 1. The Kier molecular flexibility index (Phi) is 5.09. The third kappa shape index (κ3) is 2.85. The summed E-state index contributed by atoms with van der Waals surface area (Å²) >= 11 is 7.40. The lowest BCUT2D eigenvalue weighted by atomic mass is 10.2. The molecule has 0 spiro atoms. The van der Waals surface area contributed by atoms with Gasteiger partial charge in [0.15, 0.2) is 5.58 Å². The molecule has 4 nitrogen and oxygen atoms in total. The third-order valence-corrected chi connectivity index (χ3v) is 3.21. The van der Waals surface area contributed by atoms with Crippen LogP contribution in [0, 0.1) is 11.3 Å². The van der Waals surface area contributed by atoms with E-state index in [1.165, 1.54) is 11.8 Å². The molecule has 2 N–H and O–H groups in total. The number of fused-ring (bicyclic) bond motifs is 1. The van der Waals surface area contributed by atoms with Crippen molar-refractivity contribution in [2.45, 2.75) is 5.03 Å². The van der Waals surface area contributed by atoms with Crippen LogP contribution in [0.15, 0.2) is 21.7 Å². The van der Waals surface area contributed by atoms with Gasteiger partial charge in [-0.25, -0.2) is 0 Å². The van der Waals surface area contributed by atoms with Crippen LogP contribution < -0.4 is 5.73 Å². The second-order valence-corrected chi connectivity index (χ2v) is 4.59. The molecule has 0 aliphatic heterocycles. The van der Waals surface area contributed by atoms with E-state index in [9.17, 15) is 0 Å². The highest BCUT2D eigenvalue weighted by Crippen LogP contribution is 2.31. The normalized spacial score (nSPS) is 9.94. The molecule has 0 aliphatic carbocycles. The van der Waals surface area contributed by atoms with E-state index in [1.807, 2.05) is 6.07 Å². The highest BCUT2D eigenvalue weighted by atomic mass is 35.5. The molecule has 0 saturated heterocycles. The Bertz CT molecular complexity index is 564. The van der Waals surface area contributed by atoms with E-state index in [4.69, 9.17) is 27.1 Å². The molecule has 1 heterocycles. The van der Waals surface area contributed by atoms with Crippen molar-refractivity contribution in [3.63, 3.8) is 0 Å². The van der Waals surface area contributed by atoms with Crippen molar-refractivity contribution < 1.29 is 4.52 Å². The van der Waals surface area contributed by atoms with Gasteiger partial charge in [0.05, 0.1) is 10.9 Å². The van der Waals surface area contributed by atoms with Crippen LogP contribution in [0.4, 0.5) is 0 Å². The smallest absolute Gasteiger partial charge is 0.185 e. The summed E-state index contributed by atoms with van der Waals surface area (Å²) in [5, 5.41) is 14.8. The fourth-order valence-corrected chi connectivity index (χ4v) is 2.26. The van der Waals surface area contributed by atoms with Gasteiger partial charge in [0.2, 0.25) is 0 Å². The fourth-order valence-electron chi connectivity index (χ4n) is 1.33. The quantitative estimate of drug-likeness (QED) is 0.880. The minimum atomic E-state index is 0. The number of thioether (sulfide) groups is 1. The molecule has 0 unspecified atom stereocenters. The maximum atomic E-state index is 8.92. The molecule has 0 atom stereocenters. The van der Waals surface area contributed by atoms with Crippen LogP contribution in [0.5, 0.6) is 0 Å². The standard InChI is InChI=1S/C10H8ClN3OS.ClH/c11-7-3-6(5-13)9-8(4-7)10(14-15-9)16-2-1-12;/h3-4H,1-2,12H2;1H. The van der Waals surface area contributed by atoms with Crippen LogP contribution in [0.25, 0.3) is 11.0 Å². The SMILES string of the molecule is Cl.N#Cc1cc(Cl)cc2c(SCCN)noc12. The van der Waals surface area contributed by atoms with Crippen LogP contribution in [0.2, 0.25) is 5.02 Å². The summed E-state index contributed by atoms with van der Waals surface area (Å²) < 4.78 is 5.13. The molecule has 0 fully saturated rings. The molecule has 7 heteroatoms. The second kappa shape index (κ2) is 6.12. The van der Waals surface area contributed by atoms with Crippen molar-refractivity contribution in [2.24, 2.45) is 5.73 Å². The maximum Gasteiger partial charge on any atom is 0.185 e. The van der Waals surface area contributed by atoms with Gasteiger partial charge in [-0.05, 0) is 12.1 Å². The van der Waals surface area contributed by atoms with Crippen LogP contribution in [-0.4, -0.2) is 17.5 Å². The molecule has 0 saturated carbocycles. The molecule has 0 bridgehead atoms. The summed E-state index contributed by atoms with van der Waals surface area (Å²) in [6, 6.07) is 5.33. The van der Waals surface area contributed by atoms with Crippen LogP contribution in [0.1, 0.15) is 5.56 Å². The van der Waals surface area contributed by atoms with Gasteiger partial charge >= 0.3 is 0 Å². The molecule has 0 aliphatic rings. The second-order valence-electron chi connectivity index (χ2n) is 3.07. The van der Waals surface area contributed by atoms with E-state index in [2.05, 4.69) is 5.16 Å². The Labute approximate surface area is 113 Å². The van der Waals surface area contributed by atoms with E-state index in [1.54, 1.807) is 12.1 Å². The summed E-state index contributed by atoms with van der Waals surface area (Å²) in [5.41, 5.74) is 6.29. The van der Waals surface area contributed by atoms with Crippen molar-refractivity contribution in [1.82, 2.24) is 5.16 Å². The van der Waals surface area contributed by atoms with Gasteiger partial charge < -0.3 is 10.3 Å². The predicted octanol–water partition coefficient (Wildman–Crippen LogP) is 2.83. The number of nitrogens with two attached hydrogens (primary N) is 1. The Morgan fingerprint density at radius 2 is 2.29 bits per heavy atom. The number of hydrogen-bond donors (Lipinski definition) is 1. The molecule has 1 aromatic carbocycles. The molecule has 0 amide bonds. The minimum absolute atomic E-state index is 0. The number of halogens is 2. The first kappa shape index (κ1) is 14.1. The van der Waals surface area contributed by atoms with Crippen molar-refractivity contribution in [1.29, 1.82) is 5.26 Å². The Morgan fingerprint density at radius 1 is 1.53 bits per heavy atom. The highest BCUT2D eigenvalue weighted by Gasteiger charge is 2.13. The maximum absolute atomic E-state index is 8.92. The largest absolute Gasteiger partial charge is 0.354 e. The topological polar surface area (TPSA) is 75.8 Å². The lowest BCUT2D eigenvalue weighted by Gasteiger charge is -1.95. The van der Waals surface area contributed by atoms with Gasteiger partial charge in [0, 0.05) is 17.3 Å². The number of nitriles is 1. The molecule has 2 rings (SSSR count). The molecule has 2 aromatic rings. The van der Waals surface area contributed by atoms with Crippen molar-refractivity contribution in [3.05, 3.63) is 22.7 Å². The van der Waals surface area contributed by atoms with Gasteiger partial charge in [-0.3, -0.25) is 0 Å². The van der Waals surface area contributed by atoms with E-state index in [-0.39, 0.29) is 12.4 Å². The zero-order chi connectivity index (χ0) is 11.5. The number of hydrogen-bond acceptors (Lipinski definition) is 5. The average molecular weight is 290 g/mol. The minimum Gasteiger partial charge on any atom is -0.354 e.